The van der Waals surface area contributed by atoms with E-state index in [1.165, 1.54) is 0 Å². The van der Waals surface area contributed by atoms with Crippen LogP contribution in [0, 0.1) is 0 Å². The first kappa shape index (κ1) is 13.7. The van der Waals surface area contributed by atoms with E-state index in [0.717, 1.165) is 17.7 Å². The first-order chi connectivity index (χ1) is 8.20. The lowest BCUT2D eigenvalue weighted by Crippen LogP contribution is -2.15. The maximum atomic E-state index is 11.6. The Balaban J connectivity index is 2.95. The molecule has 1 aromatic rings. The highest BCUT2D eigenvalue weighted by atomic mass is 16.5. The van der Waals surface area contributed by atoms with E-state index in [1.54, 1.807) is 6.92 Å². The summed E-state index contributed by atoms with van der Waals surface area (Å²) in [5.74, 6) is 0.733. The van der Waals surface area contributed by atoms with Crippen molar-refractivity contribution in [3.8, 4) is 5.75 Å². The number of benzene rings is 1. The van der Waals surface area contributed by atoms with Crippen LogP contribution in [0.2, 0.25) is 0 Å². The highest BCUT2D eigenvalue weighted by molar-refractivity contribution is 5.82. The van der Waals surface area contributed by atoms with Gasteiger partial charge in [0.15, 0.2) is 5.78 Å². The highest BCUT2D eigenvalue weighted by Gasteiger charge is 2.20. The molecule has 0 aliphatic heterocycles. The molecule has 0 aliphatic carbocycles. The van der Waals surface area contributed by atoms with Gasteiger partial charge in [0.25, 0.3) is 0 Å². The summed E-state index contributed by atoms with van der Waals surface area (Å²) < 4.78 is 11.1. The quantitative estimate of drug-likeness (QED) is 0.729. The van der Waals surface area contributed by atoms with Gasteiger partial charge in [0.1, 0.15) is 11.9 Å². The van der Waals surface area contributed by atoms with Gasteiger partial charge in [-0.2, -0.15) is 0 Å². The third kappa shape index (κ3) is 3.86. The van der Waals surface area contributed by atoms with E-state index < -0.39 is 6.10 Å². The van der Waals surface area contributed by atoms with E-state index in [-0.39, 0.29) is 5.78 Å². The topological polar surface area (TPSA) is 35.5 Å². The number of carbonyl (C=O) groups excluding carboxylic acids is 1. The van der Waals surface area contributed by atoms with Gasteiger partial charge in [-0.3, -0.25) is 4.79 Å². The summed E-state index contributed by atoms with van der Waals surface area (Å²) in [5, 5.41) is 0. The Morgan fingerprint density at radius 2 is 2.00 bits per heavy atom. The van der Waals surface area contributed by atoms with Crippen LogP contribution in [0.4, 0.5) is 0 Å². The summed E-state index contributed by atoms with van der Waals surface area (Å²) in [7, 11) is 0. The fourth-order valence-corrected chi connectivity index (χ4v) is 1.65. The van der Waals surface area contributed by atoms with Crippen LogP contribution >= 0.6 is 0 Å². The van der Waals surface area contributed by atoms with Crippen LogP contribution in [-0.2, 0) is 9.53 Å². The summed E-state index contributed by atoms with van der Waals surface area (Å²) in [4.78, 5) is 11.6. The molecule has 1 unspecified atom stereocenters. The molecule has 1 rings (SSSR count). The molecule has 0 bridgehead atoms. The van der Waals surface area contributed by atoms with Gasteiger partial charge in [0, 0.05) is 12.2 Å². The molecule has 0 aromatic heterocycles. The molecule has 0 radical (unpaired) electrons. The second kappa shape index (κ2) is 7.07. The van der Waals surface area contributed by atoms with Crippen LogP contribution in [0.3, 0.4) is 0 Å². The first-order valence-corrected chi connectivity index (χ1v) is 6.04. The Kier molecular flexibility index (Phi) is 5.70. The molecule has 1 atom stereocenters. The average molecular weight is 236 g/mol. The SMILES string of the molecule is CCCOC(C(C)=O)c1ccccc1OCC. The maximum Gasteiger partial charge on any atom is 0.163 e. The standard InChI is InChI=1S/C14H20O3/c1-4-10-17-14(11(3)15)12-8-6-7-9-13(12)16-5-2/h6-9,14H,4-5,10H2,1-3H3. The molecular weight excluding hydrogens is 216 g/mol. The van der Waals surface area contributed by atoms with Crippen molar-refractivity contribution in [1.82, 2.24) is 0 Å². The van der Waals surface area contributed by atoms with Crippen molar-refractivity contribution in [2.24, 2.45) is 0 Å². The van der Waals surface area contributed by atoms with Gasteiger partial charge in [-0.15, -0.1) is 0 Å². The number of hydrogen-bond acceptors (Lipinski definition) is 3. The summed E-state index contributed by atoms with van der Waals surface area (Å²) in [6.45, 7) is 6.64. The first-order valence-electron chi connectivity index (χ1n) is 6.04. The van der Waals surface area contributed by atoms with Crippen LogP contribution in [0.1, 0.15) is 38.9 Å². The van der Waals surface area contributed by atoms with Gasteiger partial charge in [-0.25, -0.2) is 0 Å². The van der Waals surface area contributed by atoms with Gasteiger partial charge in [-0.05, 0) is 26.3 Å². The molecule has 0 heterocycles. The van der Waals surface area contributed by atoms with E-state index >= 15 is 0 Å². The minimum atomic E-state index is -0.516. The maximum absolute atomic E-state index is 11.6. The molecule has 0 spiro atoms. The van der Waals surface area contributed by atoms with E-state index in [4.69, 9.17) is 9.47 Å². The average Bonchev–Trinajstić information content (AvgIpc) is 2.31. The van der Waals surface area contributed by atoms with Gasteiger partial charge < -0.3 is 9.47 Å². The highest BCUT2D eigenvalue weighted by Crippen LogP contribution is 2.28. The molecule has 1 aromatic carbocycles. The third-order valence-corrected chi connectivity index (χ3v) is 2.36. The van der Waals surface area contributed by atoms with E-state index in [1.807, 2.05) is 38.1 Å². The van der Waals surface area contributed by atoms with Crippen molar-refractivity contribution in [3.63, 3.8) is 0 Å². The molecule has 0 saturated heterocycles. The second-order valence-corrected chi connectivity index (χ2v) is 3.83. The lowest BCUT2D eigenvalue weighted by Gasteiger charge is -2.18. The summed E-state index contributed by atoms with van der Waals surface area (Å²) in [6.07, 6.45) is 0.373. The van der Waals surface area contributed by atoms with Crippen molar-refractivity contribution in [2.45, 2.75) is 33.3 Å². The second-order valence-electron chi connectivity index (χ2n) is 3.83. The third-order valence-electron chi connectivity index (χ3n) is 2.36. The summed E-state index contributed by atoms with van der Waals surface area (Å²) in [5.41, 5.74) is 0.815. The smallest absolute Gasteiger partial charge is 0.163 e. The van der Waals surface area contributed by atoms with Crippen LogP contribution in [0.5, 0.6) is 5.75 Å². The lowest BCUT2D eigenvalue weighted by atomic mass is 10.1. The van der Waals surface area contributed by atoms with Gasteiger partial charge in [0.2, 0.25) is 0 Å². The predicted molar refractivity (Wildman–Crippen MR) is 67.3 cm³/mol. The van der Waals surface area contributed by atoms with Gasteiger partial charge in [-0.1, -0.05) is 25.1 Å². The number of ether oxygens (including phenoxy) is 2. The number of carbonyl (C=O) groups is 1. The van der Waals surface area contributed by atoms with E-state index in [2.05, 4.69) is 0 Å². The van der Waals surface area contributed by atoms with Crippen LogP contribution in [-0.4, -0.2) is 19.0 Å². The number of Topliss-reactive ketones (excluding diaryl/α,β-unsaturated/α-hetero) is 1. The summed E-state index contributed by atoms with van der Waals surface area (Å²) in [6, 6.07) is 7.53. The van der Waals surface area contributed by atoms with Crippen molar-refractivity contribution in [2.75, 3.05) is 13.2 Å². The Morgan fingerprint density at radius 3 is 2.59 bits per heavy atom. The molecule has 0 saturated carbocycles. The molecule has 3 nitrogen and oxygen atoms in total. The zero-order valence-electron chi connectivity index (χ0n) is 10.7. The van der Waals surface area contributed by atoms with Gasteiger partial charge in [0.05, 0.1) is 6.61 Å². The Bertz CT molecular complexity index is 360. The van der Waals surface area contributed by atoms with Crippen LogP contribution < -0.4 is 4.74 Å². The molecular formula is C14H20O3. The number of rotatable bonds is 7. The Hall–Kier alpha value is -1.35. The number of para-hydroxylation sites is 1. The predicted octanol–water partition coefficient (Wildman–Crippen LogP) is 3.14. The van der Waals surface area contributed by atoms with Crippen LogP contribution in [0.15, 0.2) is 24.3 Å². The molecule has 0 amide bonds. The van der Waals surface area contributed by atoms with Crippen LogP contribution in [0.25, 0.3) is 0 Å². The number of hydrogen-bond donors (Lipinski definition) is 0. The van der Waals surface area contributed by atoms with Crippen molar-refractivity contribution in [1.29, 1.82) is 0 Å². The zero-order chi connectivity index (χ0) is 12.7. The fourth-order valence-electron chi connectivity index (χ4n) is 1.65. The largest absolute Gasteiger partial charge is 0.493 e. The van der Waals surface area contributed by atoms with E-state index in [0.29, 0.717) is 13.2 Å². The molecule has 0 N–H and O–H groups in total. The van der Waals surface area contributed by atoms with Crippen molar-refractivity contribution < 1.29 is 14.3 Å². The summed E-state index contributed by atoms with van der Waals surface area (Å²) >= 11 is 0. The van der Waals surface area contributed by atoms with Crippen molar-refractivity contribution >= 4 is 5.78 Å². The lowest BCUT2D eigenvalue weighted by molar-refractivity contribution is -0.128. The molecule has 3 heteroatoms. The fraction of sp³-hybridized carbons (Fsp3) is 0.500. The minimum absolute atomic E-state index is 0.00519. The molecule has 94 valence electrons. The molecule has 0 aliphatic rings. The van der Waals surface area contributed by atoms with Gasteiger partial charge >= 0.3 is 0 Å². The normalized spacial score (nSPS) is 12.2. The minimum Gasteiger partial charge on any atom is -0.493 e. The van der Waals surface area contributed by atoms with E-state index in [9.17, 15) is 4.79 Å². The Morgan fingerprint density at radius 1 is 1.29 bits per heavy atom. The monoisotopic (exact) mass is 236 g/mol. The molecule has 0 fully saturated rings. The van der Waals surface area contributed by atoms with Crippen molar-refractivity contribution in [3.05, 3.63) is 29.8 Å². The molecule has 17 heavy (non-hydrogen) atoms. The Labute approximate surface area is 103 Å². The zero-order valence-corrected chi connectivity index (χ0v) is 10.7. The number of ketones is 1.